The van der Waals surface area contributed by atoms with Gasteiger partial charge in [0.05, 0.1) is 11.3 Å². The van der Waals surface area contributed by atoms with Crippen molar-refractivity contribution in [3.8, 4) is 0 Å². The maximum Gasteiger partial charge on any atom is 0.253 e. The summed E-state index contributed by atoms with van der Waals surface area (Å²) in [7, 11) is 0. The molecule has 4 rings (SSSR count). The van der Waals surface area contributed by atoms with Crippen molar-refractivity contribution in [3.63, 3.8) is 0 Å². The number of nitrogens with one attached hydrogen (secondary N) is 1. The Morgan fingerprint density at radius 2 is 2.24 bits per heavy atom. The van der Waals surface area contributed by atoms with Gasteiger partial charge in [-0.1, -0.05) is 0 Å². The summed E-state index contributed by atoms with van der Waals surface area (Å²) < 4.78 is 1.91. The van der Waals surface area contributed by atoms with Crippen molar-refractivity contribution in [2.75, 3.05) is 19.6 Å². The van der Waals surface area contributed by atoms with Gasteiger partial charge in [-0.05, 0) is 44.4 Å². The fourth-order valence-electron chi connectivity index (χ4n) is 3.69. The Kier molecular flexibility index (Phi) is 2.96. The highest BCUT2D eigenvalue weighted by atomic mass is 16.1. The summed E-state index contributed by atoms with van der Waals surface area (Å²) in [5.41, 5.74) is 2.54. The van der Waals surface area contributed by atoms with E-state index in [2.05, 4.69) is 15.2 Å². The van der Waals surface area contributed by atoms with E-state index >= 15 is 0 Å². The van der Waals surface area contributed by atoms with Crippen molar-refractivity contribution < 1.29 is 4.79 Å². The Balaban J connectivity index is 1.50. The lowest BCUT2D eigenvalue weighted by atomic mass is 9.96. The summed E-state index contributed by atoms with van der Waals surface area (Å²) in [5.74, 6) is 0.790. The first-order valence-corrected chi connectivity index (χ1v) is 7.66. The van der Waals surface area contributed by atoms with Gasteiger partial charge in [0, 0.05) is 31.5 Å². The molecule has 3 atom stereocenters. The maximum absolute atomic E-state index is 12.4. The smallest absolute Gasteiger partial charge is 0.253 e. The number of carbonyl (C=O) groups excluding carboxylic acids is 1. The Morgan fingerprint density at radius 3 is 3.10 bits per heavy atom. The topological polar surface area (TPSA) is 49.6 Å². The van der Waals surface area contributed by atoms with E-state index in [0.717, 1.165) is 30.2 Å². The fourth-order valence-corrected chi connectivity index (χ4v) is 3.69. The molecule has 3 unspecified atom stereocenters. The van der Waals surface area contributed by atoms with Crippen LogP contribution in [0.25, 0.3) is 5.65 Å². The minimum absolute atomic E-state index is 0.0238. The number of aryl methyl sites for hydroxylation is 1. The number of carbonyl (C=O) groups is 1. The van der Waals surface area contributed by atoms with E-state index in [0.29, 0.717) is 11.6 Å². The van der Waals surface area contributed by atoms with Gasteiger partial charge in [-0.15, -0.1) is 0 Å². The molecule has 2 aromatic heterocycles. The zero-order valence-corrected chi connectivity index (χ0v) is 12.2. The minimum Gasteiger partial charge on any atom is -0.348 e. The van der Waals surface area contributed by atoms with Crippen LogP contribution in [0.15, 0.2) is 24.5 Å². The van der Waals surface area contributed by atoms with Crippen LogP contribution < -0.4 is 5.32 Å². The van der Waals surface area contributed by atoms with E-state index in [9.17, 15) is 4.79 Å². The largest absolute Gasteiger partial charge is 0.348 e. The summed E-state index contributed by atoms with van der Waals surface area (Å²) in [4.78, 5) is 19.3. The van der Waals surface area contributed by atoms with Crippen LogP contribution in [0.1, 0.15) is 28.9 Å². The van der Waals surface area contributed by atoms with Gasteiger partial charge in [-0.25, -0.2) is 4.98 Å². The molecule has 5 heteroatoms. The summed E-state index contributed by atoms with van der Waals surface area (Å²) in [6.45, 7) is 5.36. The van der Waals surface area contributed by atoms with Gasteiger partial charge in [-0.3, -0.25) is 4.79 Å². The molecule has 0 saturated carbocycles. The number of rotatable bonds is 2. The second-order valence-electron chi connectivity index (χ2n) is 6.39. The molecule has 1 N–H and O–H groups in total. The fraction of sp³-hybridized carbons (Fsp3) is 0.500. The molecule has 2 saturated heterocycles. The first kappa shape index (κ1) is 12.8. The van der Waals surface area contributed by atoms with Gasteiger partial charge in [-0.2, -0.15) is 0 Å². The lowest BCUT2D eigenvalue weighted by Gasteiger charge is -2.30. The van der Waals surface area contributed by atoms with Gasteiger partial charge < -0.3 is 14.6 Å². The van der Waals surface area contributed by atoms with Gasteiger partial charge in [0.15, 0.2) is 0 Å². The summed E-state index contributed by atoms with van der Waals surface area (Å²) >= 11 is 0. The van der Waals surface area contributed by atoms with E-state index in [4.69, 9.17) is 0 Å². The van der Waals surface area contributed by atoms with E-state index in [1.54, 1.807) is 0 Å². The third-order valence-corrected chi connectivity index (χ3v) is 4.64. The van der Waals surface area contributed by atoms with E-state index in [1.165, 1.54) is 19.5 Å². The van der Waals surface area contributed by atoms with Crippen LogP contribution in [0.2, 0.25) is 0 Å². The number of fused-ring (bicyclic) bond motifs is 3. The molecule has 0 aromatic carbocycles. The number of imidazole rings is 1. The molecular weight excluding hydrogens is 264 g/mol. The van der Waals surface area contributed by atoms with E-state index in [1.807, 2.05) is 35.9 Å². The number of amides is 1. The van der Waals surface area contributed by atoms with Crippen molar-refractivity contribution in [2.45, 2.75) is 25.8 Å². The van der Waals surface area contributed by atoms with Crippen molar-refractivity contribution in [1.82, 2.24) is 19.6 Å². The monoisotopic (exact) mass is 284 g/mol. The molecule has 110 valence electrons. The minimum atomic E-state index is 0.0238. The van der Waals surface area contributed by atoms with E-state index in [-0.39, 0.29) is 5.91 Å². The first-order valence-electron chi connectivity index (χ1n) is 7.66. The van der Waals surface area contributed by atoms with Crippen LogP contribution in [0.3, 0.4) is 0 Å². The molecule has 21 heavy (non-hydrogen) atoms. The standard InChI is InChI=1S/C16H20N4O/c1-11-7-20-9-13(2-3-15(20)17-11)16(21)18-14-6-12-4-5-19(8-12)10-14/h2-3,7,9,12,14H,4-6,8,10H2,1H3,(H,18,21). The molecule has 2 bridgehead atoms. The number of hydrogen-bond donors (Lipinski definition) is 1. The average molecular weight is 284 g/mol. The quantitative estimate of drug-likeness (QED) is 0.908. The van der Waals surface area contributed by atoms with Crippen LogP contribution in [0, 0.1) is 12.8 Å². The average Bonchev–Trinajstić information content (AvgIpc) is 2.99. The highest BCUT2D eigenvalue weighted by Crippen LogP contribution is 2.26. The number of aromatic nitrogens is 2. The normalized spacial score (nSPS) is 28.0. The van der Waals surface area contributed by atoms with Gasteiger partial charge in [0.25, 0.3) is 5.91 Å². The van der Waals surface area contributed by atoms with Crippen molar-refractivity contribution >= 4 is 11.6 Å². The number of piperidine rings is 1. The molecule has 1 amide bonds. The highest BCUT2D eigenvalue weighted by molar-refractivity contribution is 5.94. The Bertz CT molecular complexity index is 681. The lowest BCUT2D eigenvalue weighted by molar-refractivity contribution is 0.0909. The Morgan fingerprint density at radius 1 is 1.33 bits per heavy atom. The molecule has 2 aliphatic rings. The maximum atomic E-state index is 12.4. The third kappa shape index (κ3) is 2.42. The lowest BCUT2D eigenvalue weighted by Crippen LogP contribution is -2.47. The Hall–Kier alpha value is -1.88. The van der Waals surface area contributed by atoms with Crippen molar-refractivity contribution in [3.05, 3.63) is 35.8 Å². The molecule has 0 radical (unpaired) electrons. The van der Waals surface area contributed by atoms with Crippen molar-refractivity contribution in [2.24, 2.45) is 5.92 Å². The van der Waals surface area contributed by atoms with Gasteiger partial charge in [0.2, 0.25) is 0 Å². The highest BCUT2D eigenvalue weighted by Gasteiger charge is 2.32. The predicted molar refractivity (Wildman–Crippen MR) is 80.3 cm³/mol. The second-order valence-corrected chi connectivity index (χ2v) is 6.39. The summed E-state index contributed by atoms with van der Waals surface area (Å²) in [5, 5.41) is 3.19. The second kappa shape index (κ2) is 4.84. The molecule has 2 fully saturated rings. The molecule has 2 aliphatic heterocycles. The summed E-state index contributed by atoms with van der Waals surface area (Å²) in [6.07, 6.45) is 6.21. The number of hydrogen-bond acceptors (Lipinski definition) is 3. The molecule has 5 nitrogen and oxygen atoms in total. The molecular formula is C16H20N4O. The van der Waals surface area contributed by atoms with Crippen LogP contribution in [-0.4, -0.2) is 45.9 Å². The first-order chi connectivity index (χ1) is 10.2. The number of nitrogens with zero attached hydrogens (tertiary/aromatic N) is 3. The van der Waals surface area contributed by atoms with Crippen LogP contribution in [0.4, 0.5) is 0 Å². The SMILES string of the molecule is Cc1cn2cc(C(=O)NC3CC4CCN(C4)C3)ccc2n1. The van der Waals surface area contributed by atoms with Crippen LogP contribution in [0.5, 0.6) is 0 Å². The molecule has 4 heterocycles. The molecule has 2 aromatic rings. The number of pyridine rings is 1. The zero-order chi connectivity index (χ0) is 14.4. The van der Waals surface area contributed by atoms with E-state index < -0.39 is 0 Å². The van der Waals surface area contributed by atoms with Crippen LogP contribution >= 0.6 is 0 Å². The molecule has 0 spiro atoms. The van der Waals surface area contributed by atoms with Gasteiger partial charge in [0.1, 0.15) is 5.65 Å². The van der Waals surface area contributed by atoms with Crippen molar-refractivity contribution in [1.29, 1.82) is 0 Å². The molecule has 0 aliphatic carbocycles. The Labute approximate surface area is 124 Å². The summed E-state index contributed by atoms with van der Waals surface area (Å²) in [6, 6.07) is 4.05. The predicted octanol–water partition coefficient (Wildman–Crippen LogP) is 1.47. The van der Waals surface area contributed by atoms with Crippen LogP contribution in [-0.2, 0) is 0 Å². The third-order valence-electron chi connectivity index (χ3n) is 4.64. The van der Waals surface area contributed by atoms with Gasteiger partial charge >= 0.3 is 0 Å². The zero-order valence-electron chi connectivity index (χ0n) is 12.2.